The molecule has 6 heteroatoms. The van der Waals surface area contributed by atoms with E-state index in [1.165, 1.54) is 0 Å². The van der Waals surface area contributed by atoms with E-state index in [2.05, 4.69) is 25.3 Å². The first kappa shape index (κ1) is 12.1. The minimum absolute atomic E-state index is 0. The first-order chi connectivity index (χ1) is 3.13. The Morgan fingerprint density at radius 3 is 2.25 bits per heavy atom. The Balaban J connectivity index is 0. The topological polar surface area (TPSA) is 43.1 Å². The van der Waals surface area contributed by atoms with Gasteiger partial charge < -0.3 is 12.6 Å². The molecule has 0 radical (unpaired) electrons. The molecule has 0 spiro atoms. The largest absolute Gasteiger partial charge is 1.00 e. The third kappa shape index (κ3) is 10.4. The van der Waals surface area contributed by atoms with Gasteiger partial charge in [-0.3, -0.25) is 10.1 Å². The summed E-state index contributed by atoms with van der Waals surface area (Å²) < 4.78 is -0.00926. The zero-order chi connectivity index (χ0) is 5.86. The average Bonchev–Trinajstić information content (AvgIpc) is 1.27. The van der Waals surface area contributed by atoms with Gasteiger partial charge in [-0.1, -0.05) is 4.24 Å². The Bertz CT molecular complexity index is 111. The molecule has 0 heterocycles. The van der Waals surface area contributed by atoms with Crippen LogP contribution in [-0.4, -0.2) is 4.92 Å². The fourth-order valence-electron chi connectivity index (χ4n) is 0.0902. The van der Waals surface area contributed by atoms with Gasteiger partial charge >= 0.3 is 51.4 Å². The van der Waals surface area contributed by atoms with E-state index in [0.29, 0.717) is 6.20 Å². The van der Waals surface area contributed by atoms with Crippen LogP contribution in [0.3, 0.4) is 0 Å². The normalized spacial score (nSPS) is 9.88. The molecular weight excluding hydrogens is 173 g/mol. The van der Waals surface area contributed by atoms with E-state index in [4.69, 9.17) is 0 Å². The van der Waals surface area contributed by atoms with Gasteiger partial charge in [0.05, 0.1) is 4.92 Å². The Labute approximate surface area is 100 Å². The first-order valence-corrected chi connectivity index (χ1v) is 2.20. The second kappa shape index (κ2) is 6.47. The molecule has 0 fully saturated rings. The predicted octanol–water partition coefficient (Wildman–Crippen LogP) is -2.46. The van der Waals surface area contributed by atoms with Crippen LogP contribution in [0.25, 0.3) is 0 Å². The molecule has 0 saturated carbocycles. The number of thiol groups is 1. The first-order valence-electron chi connectivity index (χ1n) is 1.34. The Morgan fingerprint density at radius 2 is 2.25 bits per heavy atom. The molecule has 0 aliphatic carbocycles. The smallest absolute Gasteiger partial charge is 0.767 e. The van der Waals surface area contributed by atoms with E-state index in [0.717, 1.165) is 0 Å². The Morgan fingerprint density at radius 1 is 1.88 bits per heavy atom. The molecule has 0 saturated heterocycles. The summed E-state index contributed by atoms with van der Waals surface area (Å²) in [6.45, 7) is 0. The molecule has 0 amide bonds. The van der Waals surface area contributed by atoms with Crippen LogP contribution in [0.1, 0.15) is 0 Å². The van der Waals surface area contributed by atoms with Crippen molar-refractivity contribution in [1.82, 2.24) is 0 Å². The zero-order valence-electron chi connectivity index (χ0n) is 4.20. The van der Waals surface area contributed by atoms with Crippen molar-refractivity contribution in [3.05, 3.63) is 20.6 Å². The summed E-state index contributed by atoms with van der Waals surface area (Å²) in [7, 11) is 0. The third-order valence-electron chi connectivity index (χ3n) is 0.216. The molecular formula is C2H2KNO2S2. The van der Waals surface area contributed by atoms with Crippen LogP contribution < -0.4 is 51.4 Å². The van der Waals surface area contributed by atoms with Crippen molar-refractivity contribution in [2.75, 3.05) is 0 Å². The SMILES string of the molecule is O=[N+]([O-])C=C([S-])S.[K+]. The second-order valence-corrected chi connectivity index (χ2v) is 1.98. The van der Waals surface area contributed by atoms with Crippen LogP contribution >= 0.6 is 12.6 Å². The maximum Gasteiger partial charge on any atom is 1.00 e. The summed E-state index contributed by atoms with van der Waals surface area (Å²) >= 11 is 7.71. The quantitative estimate of drug-likeness (QED) is 0.158. The van der Waals surface area contributed by atoms with Crippen molar-refractivity contribution in [2.24, 2.45) is 0 Å². The standard InChI is InChI=1S/C2H3NO2S2.K/c4-3(5)1-2(6)7;/h1,6-7H;/q;+1/p-1. The van der Waals surface area contributed by atoms with Gasteiger partial charge in [0.2, 0.25) is 6.20 Å². The van der Waals surface area contributed by atoms with Gasteiger partial charge in [0.15, 0.2) is 0 Å². The van der Waals surface area contributed by atoms with Gasteiger partial charge in [0, 0.05) is 0 Å². The molecule has 0 N–H and O–H groups in total. The summed E-state index contributed by atoms with van der Waals surface area (Å²) in [4.78, 5) is 8.78. The van der Waals surface area contributed by atoms with Crippen molar-refractivity contribution in [1.29, 1.82) is 0 Å². The second-order valence-electron chi connectivity index (χ2n) is 0.753. The van der Waals surface area contributed by atoms with Gasteiger partial charge in [-0.25, -0.2) is 0 Å². The maximum atomic E-state index is 9.42. The van der Waals surface area contributed by atoms with E-state index >= 15 is 0 Å². The van der Waals surface area contributed by atoms with Crippen molar-refractivity contribution >= 4 is 25.3 Å². The molecule has 0 bridgehead atoms. The number of nitro groups is 1. The monoisotopic (exact) mass is 175 g/mol. The summed E-state index contributed by atoms with van der Waals surface area (Å²) in [6, 6.07) is 0. The summed E-state index contributed by atoms with van der Waals surface area (Å²) in [5.41, 5.74) is 0. The van der Waals surface area contributed by atoms with E-state index in [1.807, 2.05) is 0 Å². The van der Waals surface area contributed by atoms with Gasteiger partial charge in [-0.2, -0.15) is 12.6 Å². The van der Waals surface area contributed by atoms with Crippen molar-refractivity contribution in [3.8, 4) is 0 Å². The fourth-order valence-corrected chi connectivity index (χ4v) is 0.271. The van der Waals surface area contributed by atoms with Crippen molar-refractivity contribution in [3.63, 3.8) is 0 Å². The number of hydrogen-bond acceptors (Lipinski definition) is 4. The van der Waals surface area contributed by atoms with Crippen LogP contribution in [0.4, 0.5) is 0 Å². The molecule has 0 aliphatic heterocycles. The van der Waals surface area contributed by atoms with Gasteiger partial charge in [-0.15, -0.1) is 0 Å². The number of hydrogen-bond donors (Lipinski definition) is 1. The molecule has 0 rings (SSSR count). The number of rotatable bonds is 1. The van der Waals surface area contributed by atoms with Crippen LogP contribution in [0, 0.1) is 10.1 Å². The number of nitrogens with zero attached hydrogens (tertiary/aromatic N) is 1. The predicted molar refractivity (Wildman–Crippen MR) is 31.4 cm³/mol. The van der Waals surface area contributed by atoms with E-state index < -0.39 is 4.92 Å². The summed E-state index contributed by atoms with van der Waals surface area (Å²) in [5, 5.41) is 9.42. The maximum absolute atomic E-state index is 9.42. The van der Waals surface area contributed by atoms with Gasteiger partial charge in [0.1, 0.15) is 0 Å². The van der Waals surface area contributed by atoms with Crippen LogP contribution in [-0.2, 0) is 12.6 Å². The van der Waals surface area contributed by atoms with Gasteiger partial charge in [0.25, 0.3) is 0 Å². The Kier molecular flexibility index (Phi) is 9.75. The summed E-state index contributed by atoms with van der Waals surface area (Å²) in [5.74, 6) is 0. The minimum atomic E-state index is -0.644. The van der Waals surface area contributed by atoms with Crippen molar-refractivity contribution in [2.45, 2.75) is 0 Å². The zero-order valence-corrected chi connectivity index (χ0v) is 9.03. The average molecular weight is 175 g/mol. The molecule has 0 aromatic heterocycles. The molecule has 0 atom stereocenters. The van der Waals surface area contributed by atoms with E-state index in [9.17, 15) is 10.1 Å². The van der Waals surface area contributed by atoms with Crippen LogP contribution in [0.2, 0.25) is 0 Å². The molecule has 0 aromatic rings. The summed E-state index contributed by atoms with van der Waals surface area (Å²) in [6.07, 6.45) is 0.651. The fraction of sp³-hybridized carbons (Fsp3) is 0. The van der Waals surface area contributed by atoms with Crippen LogP contribution in [0.15, 0.2) is 10.4 Å². The molecule has 3 nitrogen and oxygen atoms in total. The minimum Gasteiger partial charge on any atom is -0.767 e. The third-order valence-corrected chi connectivity index (χ3v) is 0.437. The molecule has 0 unspecified atom stereocenters. The molecule has 40 valence electrons. The molecule has 8 heavy (non-hydrogen) atoms. The van der Waals surface area contributed by atoms with E-state index in [1.54, 1.807) is 0 Å². The molecule has 0 aromatic carbocycles. The van der Waals surface area contributed by atoms with Crippen LogP contribution in [0.5, 0.6) is 0 Å². The molecule has 0 aliphatic rings. The Hall–Kier alpha value is 1.35. The van der Waals surface area contributed by atoms with E-state index in [-0.39, 0.29) is 55.6 Å². The van der Waals surface area contributed by atoms with Crippen molar-refractivity contribution < 1.29 is 56.3 Å². The van der Waals surface area contributed by atoms with Gasteiger partial charge in [-0.05, 0) is 0 Å².